The van der Waals surface area contributed by atoms with Gasteiger partial charge in [-0.2, -0.15) is 10.5 Å². The van der Waals surface area contributed by atoms with E-state index in [1.54, 1.807) is 0 Å². The number of carbonyl (C=O) groups excluding carboxylic acids is 1. The maximum Gasteiger partial charge on any atom is 0.339 e. The molecule has 0 unspecified atom stereocenters. The van der Waals surface area contributed by atoms with Crippen molar-refractivity contribution < 1.29 is 19.4 Å². The summed E-state index contributed by atoms with van der Waals surface area (Å²) in [4.78, 5) is 23.2. The largest absolute Gasteiger partial charge is 0.496 e. The minimum atomic E-state index is -1.34. The number of hydrogen-bond donors (Lipinski definition) is 1. The number of rotatable bonds is 7. The molecule has 0 amide bonds. The fraction of sp³-hybridized carbons (Fsp3) is 0.250. The SMILES string of the molecule is COc1cc(C#N)ccc1C=C(C(=O)O)C(=O)CCCC#N. The van der Waals surface area contributed by atoms with Crippen LogP contribution in [0.4, 0.5) is 0 Å². The number of aliphatic carboxylic acids is 1. The van der Waals surface area contributed by atoms with Gasteiger partial charge in [-0.3, -0.25) is 4.79 Å². The molecule has 0 aliphatic heterocycles. The lowest BCUT2D eigenvalue weighted by Gasteiger charge is -2.07. The maximum atomic E-state index is 11.9. The second-order valence-electron chi connectivity index (χ2n) is 4.37. The van der Waals surface area contributed by atoms with Gasteiger partial charge in [-0.25, -0.2) is 4.79 Å². The molecule has 1 aromatic carbocycles. The van der Waals surface area contributed by atoms with Crippen molar-refractivity contribution in [1.29, 1.82) is 10.5 Å². The fourth-order valence-corrected chi connectivity index (χ4v) is 1.78. The molecule has 112 valence electrons. The molecule has 1 rings (SSSR count). The van der Waals surface area contributed by atoms with Crippen LogP contribution >= 0.6 is 0 Å². The lowest BCUT2D eigenvalue weighted by Crippen LogP contribution is -2.12. The van der Waals surface area contributed by atoms with Crippen LogP contribution in [-0.2, 0) is 9.59 Å². The van der Waals surface area contributed by atoms with Crippen LogP contribution in [0.5, 0.6) is 5.75 Å². The molecule has 0 saturated carbocycles. The smallest absolute Gasteiger partial charge is 0.339 e. The first-order chi connectivity index (χ1) is 10.5. The highest BCUT2D eigenvalue weighted by Gasteiger charge is 2.18. The van der Waals surface area contributed by atoms with Gasteiger partial charge in [-0.15, -0.1) is 0 Å². The van der Waals surface area contributed by atoms with Crippen molar-refractivity contribution in [2.45, 2.75) is 19.3 Å². The van der Waals surface area contributed by atoms with E-state index >= 15 is 0 Å². The van der Waals surface area contributed by atoms with Crippen LogP contribution in [0.2, 0.25) is 0 Å². The summed E-state index contributed by atoms with van der Waals surface area (Å²) < 4.78 is 5.10. The average Bonchev–Trinajstić information content (AvgIpc) is 2.52. The van der Waals surface area contributed by atoms with Crippen LogP contribution in [-0.4, -0.2) is 24.0 Å². The highest BCUT2D eigenvalue weighted by molar-refractivity contribution is 6.20. The Labute approximate surface area is 127 Å². The zero-order valence-corrected chi connectivity index (χ0v) is 12.0. The third-order valence-electron chi connectivity index (χ3n) is 2.89. The maximum absolute atomic E-state index is 11.9. The van der Waals surface area contributed by atoms with Gasteiger partial charge in [-0.1, -0.05) is 0 Å². The first-order valence-electron chi connectivity index (χ1n) is 6.46. The Kier molecular flexibility index (Phi) is 6.33. The Balaban J connectivity index is 3.14. The molecule has 0 aliphatic rings. The summed E-state index contributed by atoms with van der Waals surface area (Å²) in [6.45, 7) is 0. The van der Waals surface area contributed by atoms with E-state index < -0.39 is 11.8 Å². The first-order valence-corrected chi connectivity index (χ1v) is 6.46. The molecule has 6 nitrogen and oxygen atoms in total. The monoisotopic (exact) mass is 298 g/mol. The molecule has 0 spiro atoms. The Morgan fingerprint density at radius 3 is 2.64 bits per heavy atom. The van der Waals surface area contributed by atoms with E-state index in [9.17, 15) is 14.7 Å². The Morgan fingerprint density at radius 1 is 1.36 bits per heavy atom. The molecule has 0 aliphatic carbocycles. The van der Waals surface area contributed by atoms with E-state index in [2.05, 4.69) is 0 Å². The van der Waals surface area contributed by atoms with E-state index in [1.807, 2.05) is 12.1 Å². The zero-order valence-electron chi connectivity index (χ0n) is 12.0. The molecule has 22 heavy (non-hydrogen) atoms. The average molecular weight is 298 g/mol. The minimum absolute atomic E-state index is 0.00963. The zero-order chi connectivity index (χ0) is 16.5. The molecule has 0 atom stereocenters. The molecule has 1 N–H and O–H groups in total. The number of hydrogen-bond acceptors (Lipinski definition) is 5. The van der Waals surface area contributed by atoms with Crippen LogP contribution in [0.15, 0.2) is 23.8 Å². The molecule has 0 bridgehead atoms. The summed E-state index contributed by atoms with van der Waals surface area (Å²) in [6.07, 6.45) is 1.71. The van der Waals surface area contributed by atoms with Gasteiger partial charge in [0.15, 0.2) is 5.78 Å². The standard InChI is InChI=1S/C16H14N2O4/c1-22-15-8-11(10-18)5-6-12(15)9-13(16(20)21)14(19)4-2-3-7-17/h5-6,8-9H,2-4H2,1H3,(H,20,21). The van der Waals surface area contributed by atoms with Crippen molar-refractivity contribution in [2.75, 3.05) is 7.11 Å². The van der Waals surface area contributed by atoms with Crippen LogP contribution in [0.1, 0.15) is 30.4 Å². The van der Waals surface area contributed by atoms with Gasteiger partial charge < -0.3 is 9.84 Å². The predicted octanol–water partition coefficient (Wildman–Crippen LogP) is 2.30. The molecule has 1 aromatic rings. The summed E-state index contributed by atoms with van der Waals surface area (Å²) in [5, 5.41) is 26.5. The highest BCUT2D eigenvalue weighted by Crippen LogP contribution is 2.23. The van der Waals surface area contributed by atoms with Crippen molar-refractivity contribution in [3.63, 3.8) is 0 Å². The molecule has 0 saturated heterocycles. The third-order valence-corrected chi connectivity index (χ3v) is 2.89. The number of methoxy groups -OCH3 is 1. The lowest BCUT2D eigenvalue weighted by molar-refractivity contribution is -0.134. The number of ether oxygens (including phenoxy) is 1. The number of benzene rings is 1. The van der Waals surface area contributed by atoms with E-state index in [0.29, 0.717) is 23.3 Å². The van der Waals surface area contributed by atoms with Crippen LogP contribution < -0.4 is 4.74 Å². The number of nitrogens with zero attached hydrogens (tertiary/aromatic N) is 2. The van der Waals surface area contributed by atoms with Gasteiger partial charge in [0.1, 0.15) is 11.3 Å². The van der Waals surface area contributed by atoms with Crippen LogP contribution in [0.25, 0.3) is 6.08 Å². The first kappa shape index (κ1) is 16.9. The Hall–Kier alpha value is -3.12. The van der Waals surface area contributed by atoms with Crippen LogP contribution in [0, 0.1) is 22.7 Å². The Bertz CT molecular complexity index is 693. The second-order valence-corrected chi connectivity index (χ2v) is 4.37. The second kappa shape index (κ2) is 8.23. The molecule has 0 radical (unpaired) electrons. The van der Waals surface area contributed by atoms with Gasteiger partial charge in [0.05, 0.1) is 24.8 Å². The molecule has 0 heterocycles. The molecular formula is C16H14N2O4. The number of carbonyl (C=O) groups is 2. The Morgan fingerprint density at radius 2 is 2.09 bits per heavy atom. The quantitative estimate of drug-likeness (QED) is 0.358. The van der Waals surface area contributed by atoms with E-state index in [4.69, 9.17) is 15.3 Å². The van der Waals surface area contributed by atoms with Gasteiger partial charge in [-0.05, 0) is 30.7 Å². The fourth-order valence-electron chi connectivity index (χ4n) is 1.78. The summed E-state index contributed by atoms with van der Waals surface area (Å²) in [5.74, 6) is -1.58. The van der Waals surface area contributed by atoms with Crippen molar-refractivity contribution in [3.05, 3.63) is 34.9 Å². The summed E-state index contributed by atoms with van der Waals surface area (Å²) in [7, 11) is 1.39. The lowest BCUT2D eigenvalue weighted by atomic mass is 10.0. The number of carboxylic acids is 1. The topological polar surface area (TPSA) is 111 Å². The minimum Gasteiger partial charge on any atom is -0.496 e. The van der Waals surface area contributed by atoms with E-state index in [-0.39, 0.29) is 18.4 Å². The van der Waals surface area contributed by atoms with Gasteiger partial charge >= 0.3 is 5.97 Å². The highest BCUT2D eigenvalue weighted by atomic mass is 16.5. The number of ketones is 1. The number of Topliss-reactive ketones (excluding diaryl/α,β-unsaturated/α-hetero) is 1. The van der Waals surface area contributed by atoms with Crippen molar-refractivity contribution in [1.82, 2.24) is 0 Å². The summed E-state index contributed by atoms with van der Waals surface area (Å²) in [6, 6.07) is 8.34. The molecular weight excluding hydrogens is 284 g/mol. The molecule has 0 aromatic heterocycles. The van der Waals surface area contributed by atoms with Crippen molar-refractivity contribution >= 4 is 17.8 Å². The van der Waals surface area contributed by atoms with E-state index in [1.165, 1.54) is 31.4 Å². The molecule has 6 heteroatoms. The molecule has 0 fully saturated rings. The number of unbranched alkanes of at least 4 members (excludes halogenated alkanes) is 1. The third kappa shape index (κ3) is 4.46. The normalized spacial score (nSPS) is 10.4. The summed E-state index contributed by atoms with van der Waals surface area (Å²) >= 11 is 0. The van der Waals surface area contributed by atoms with Gasteiger partial charge in [0.2, 0.25) is 0 Å². The van der Waals surface area contributed by atoms with Crippen molar-refractivity contribution in [2.24, 2.45) is 0 Å². The van der Waals surface area contributed by atoms with E-state index in [0.717, 1.165) is 0 Å². The van der Waals surface area contributed by atoms with Crippen LogP contribution in [0.3, 0.4) is 0 Å². The van der Waals surface area contributed by atoms with Gasteiger partial charge in [0.25, 0.3) is 0 Å². The predicted molar refractivity (Wildman–Crippen MR) is 77.8 cm³/mol. The number of nitriles is 2. The summed E-state index contributed by atoms with van der Waals surface area (Å²) in [5.41, 5.74) is 0.389. The van der Waals surface area contributed by atoms with Crippen molar-refractivity contribution in [3.8, 4) is 17.9 Å². The van der Waals surface area contributed by atoms with Gasteiger partial charge in [0, 0.05) is 18.4 Å². The number of carboxylic acid groups (broad SMARTS) is 1.